The number of thioether (sulfide) groups is 1. The lowest BCUT2D eigenvalue weighted by molar-refractivity contribution is 0.325. The molecule has 0 amide bonds. The molecular weight excluding hydrogens is 410 g/mol. The van der Waals surface area contributed by atoms with Crippen LogP contribution < -0.4 is 10.5 Å². The van der Waals surface area contributed by atoms with Gasteiger partial charge in [-0.05, 0) is 18.2 Å². The molecule has 7 heteroatoms. The van der Waals surface area contributed by atoms with Gasteiger partial charge >= 0.3 is 5.76 Å². The van der Waals surface area contributed by atoms with Gasteiger partial charge in [0.25, 0.3) is 0 Å². The fraction of sp³-hybridized carbons (Fsp3) is 0.308. The molecule has 0 saturated heterocycles. The molecule has 0 radical (unpaired) electrons. The summed E-state index contributed by atoms with van der Waals surface area (Å²) < 4.78 is 11.6. The van der Waals surface area contributed by atoms with Crippen LogP contribution in [-0.2, 0) is 5.75 Å². The predicted octanol–water partition coefficient (Wildman–Crippen LogP) is 3.81. The van der Waals surface area contributed by atoms with E-state index in [1.165, 1.54) is 0 Å². The molecule has 0 aliphatic heterocycles. The van der Waals surface area contributed by atoms with Crippen molar-refractivity contribution in [3.63, 3.8) is 0 Å². The highest BCUT2D eigenvalue weighted by Crippen LogP contribution is 2.20. The molecule has 0 aliphatic rings. The topological polar surface area (TPSA) is 55.2 Å². The number of aromatic nitrogens is 1. The molecule has 2 rings (SSSR count). The Labute approximate surface area is 137 Å². The SMILES string of the molecule is O=c1[nH]cc(CSCC(Br)COc2cccc(Br)c2)o1. The lowest BCUT2D eigenvalue weighted by Gasteiger charge is -2.11. The minimum absolute atomic E-state index is 0.233. The highest BCUT2D eigenvalue weighted by atomic mass is 79.9. The zero-order chi connectivity index (χ0) is 14.4. The third-order valence-corrected chi connectivity index (χ3v) is 4.98. The highest BCUT2D eigenvalue weighted by Gasteiger charge is 2.07. The molecule has 2 aromatic rings. The van der Waals surface area contributed by atoms with E-state index in [-0.39, 0.29) is 4.83 Å². The third kappa shape index (κ3) is 5.38. The van der Waals surface area contributed by atoms with E-state index in [0.717, 1.165) is 16.0 Å². The van der Waals surface area contributed by atoms with Crippen molar-refractivity contribution in [1.82, 2.24) is 4.98 Å². The molecule has 0 saturated carbocycles. The van der Waals surface area contributed by atoms with Crippen LogP contribution in [0.3, 0.4) is 0 Å². The van der Waals surface area contributed by atoms with Gasteiger partial charge in [-0.2, -0.15) is 11.8 Å². The molecule has 1 aromatic heterocycles. The van der Waals surface area contributed by atoms with Gasteiger partial charge < -0.3 is 9.15 Å². The number of alkyl halides is 1. The Kier molecular flexibility index (Phi) is 6.25. The summed E-state index contributed by atoms with van der Waals surface area (Å²) in [5.74, 6) is 2.62. The Bertz CT molecular complexity index is 599. The van der Waals surface area contributed by atoms with Crippen LogP contribution in [0, 0.1) is 0 Å². The first-order valence-electron chi connectivity index (χ1n) is 5.91. The standard InChI is InChI=1S/C13H13Br2NO3S/c14-9-2-1-3-11(4-9)18-6-10(15)7-20-8-12-5-16-13(17)19-12/h1-5,10H,6-8H2,(H,16,17). The van der Waals surface area contributed by atoms with Crippen LogP contribution in [-0.4, -0.2) is 22.2 Å². The van der Waals surface area contributed by atoms with Crippen LogP contribution in [0.5, 0.6) is 5.75 Å². The predicted molar refractivity (Wildman–Crippen MR) is 87.8 cm³/mol. The largest absolute Gasteiger partial charge is 0.492 e. The molecule has 0 bridgehead atoms. The fourth-order valence-electron chi connectivity index (χ4n) is 1.47. The lowest BCUT2D eigenvalue weighted by atomic mass is 10.3. The Balaban J connectivity index is 1.67. The number of halogens is 2. The molecule has 20 heavy (non-hydrogen) atoms. The van der Waals surface area contributed by atoms with E-state index in [4.69, 9.17) is 9.15 Å². The molecule has 0 spiro atoms. The highest BCUT2D eigenvalue weighted by molar-refractivity contribution is 9.10. The summed E-state index contributed by atoms with van der Waals surface area (Å²) >= 11 is 8.66. The van der Waals surface area contributed by atoms with E-state index in [1.807, 2.05) is 24.3 Å². The summed E-state index contributed by atoms with van der Waals surface area (Å²) in [7, 11) is 0. The maximum absolute atomic E-state index is 10.8. The van der Waals surface area contributed by atoms with Crippen molar-refractivity contribution in [3.8, 4) is 5.75 Å². The normalized spacial score (nSPS) is 12.3. The minimum Gasteiger partial charge on any atom is -0.492 e. The van der Waals surface area contributed by atoms with Crippen molar-refractivity contribution in [1.29, 1.82) is 0 Å². The van der Waals surface area contributed by atoms with E-state index in [2.05, 4.69) is 36.8 Å². The van der Waals surface area contributed by atoms with Gasteiger partial charge in [-0.25, -0.2) is 4.79 Å². The zero-order valence-corrected chi connectivity index (χ0v) is 14.5. The summed E-state index contributed by atoms with van der Waals surface area (Å²) in [5, 5.41) is 0. The number of aromatic amines is 1. The molecule has 108 valence electrons. The van der Waals surface area contributed by atoms with Gasteiger partial charge in [0.15, 0.2) is 0 Å². The molecule has 1 unspecified atom stereocenters. The Morgan fingerprint density at radius 2 is 2.30 bits per heavy atom. The number of rotatable bonds is 7. The van der Waals surface area contributed by atoms with Crippen molar-refractivity contribution in [2.75, 3.05) is 12.4 Å². The van der Waals surface area contributed by atoms with Gasteiger partial charge in [0.1, 0.15) is 18.1 Å². The first kappa shape index (κ1) is 15.7. The van der Waals surface area contributed by atoms with Gasteiger partial charge in [-0.15, -0.1) is 0 Å². The van der Waals surface area contributed by atoms with E-state index in [9.17, 15) is 4.79 Å². The summed E-state index contributed by atoms with van der Waals surface area (Å²) in [6.07, 6.45) is 1.59. The van der Waals surface area contributed by atoms with Crippen molar-refractivity contribution in [2.45, 2.75) is 10.6 Å². The summed E-state index contributed by atoms with van der Waals surface area (Å²) in [4.78, 5) is 13.5. The maximum Gasteiger partial charge on any atom is 0.416 e. The number of ether oxygens (including phenoxy) is 1. The van der Waals surface area contributed by atoms with Crippen molar-refractivity contribution in [2.24, 2.45) is 0 Å². The second-order valence-electron chi connectivity index (χ2n) is 4.03. The average molecular weight is 423 g/mol. The van der Waals surface area contributed by atoms with Crippen LogP contribution >= 0.6 is 43.6 Å². The Hall–Kier alpha value is -0.660. The van der Waals surface area contributed by atoms with Crippen LogP contribution in [0.1, 0.15) is 5.76 Å². The lowest BCUT2D eigenvalue weighted by Crippen LogP contribution is -2.13. The van der Waals surface area contributed by atoms with Gasteiger partial charge in [0.2, 0.25) is 0 Å². The summed E-state index contributed by atoms with van der Waals surface area (Å²) in [6.45, 7) is 0.584. The summed E-state index contributed by atoms with van der Waals surface area (Å²) in [5.41, 5.74) is 0. The van der Waals surface area contributed by atoms with E-state index in [0.29, 0.717) is 18.1 Å². The van der Waals surface area contributed by atoms with Gasteiger partial charge in [-0.3, -0.25) is 4.98 Å². The Morgan fingerprint density at radius 3 is 3.00 bits per heavy atom. The minimum atomic E-state index is -0.408. The van der Waals surface area contributed by atoms with Crippen LogP contribution in [0.25, 0.3) is 0 Å². The number of hydrogen-bond acceptors (Lipinski definition) is 4. The van der Waals surface area contributed by atoms with E-state index >= 15 is 0 Å². The van der Waals surface area contributed by atoms with Gasteiger partial charge in [0.05, 0.1) is 10.6 Å². The fourth-order valence-corrected chi connectivity index (χ4v) is 3.35. The molecule has 4 nitrogen and oxygen atoms in total. The summed E-state index contributed by atoms with van der Waals surface area (Å²) in [6, 6.07) is 7.75. The molecule has 1 aromatic carbocycles. The first-order valence-corrected chi connectivity index (χ1v) is 8.77. The number of hydrogen-bond donors (Lipinski definition) is 1. The average Bonchev–Trinajstić information content (AvgIpc) is 2.82. The van der Waals surface area contributed by atoms with Crippen molar-refractivity contribution < 1.29 is 9.15 Å². The smallest absolute Gasteiger partial charge is 0.416 e. The molecule has 1 atom stereocenters. The molecule has 0 fully saturated rings. The monoisotopic (exact) mass is 421 g/mol. The van der Waals surface area contributed by atoms with Crippen LogP contribution in [0.15, 0.2) is 44.1 Å². The van der Waals surface area contributed by atoms with E-state index < -0.39 is 5.76 Å². The molecule has 1 heterocycles. The van der Waals surface area contributed by atoms with Crippen LogP contribution in [0.4, 0.5) is 0 Å². The van der Waals surface area contributed by atoms with Gasteiger partial charge in [0, 0.05) is 16.4 Å². The Morgan fingerprint density at radius 1 is 1.45 bits per heavy atom. The number of benzene rings is 1. The maximum atomic E-state index is 10.8. The number of nitrogens with one attached hydrogen (secondary N) is 1. The number of oxazole rings is 1. The van der Waals surface area contributed by atoms with E-state index in [1.54, 1.807) is 18.0 Å². The van der Waals surface area contributed by atoms with Crippen molar-refractivity contribution >= 4 is 43.6 Å². The van der Waals surface area contributed by atoms with Gasteiger partial charge in [-0.1, -0.05) is 37.9 Å². The second-order valence-corrected chi connectivity index (χ2v) is 7.27. The van der Waals surface area contributed by atoms with Crippen LogP contribution in [0.2, 0.25) is 0 Å². The first-order chi connectivity index (χ1) is 9.63. The molecule has 0 aliphatic carbocycles. The second kappa shape index (κ2) is 7.95. The number of H-pyrrole nitrogens is 1. The molecular formula is C13H13Br2NO3S. The zero-order valence-electron chi connectivity index (χ0n) is 10.5. The third-order valence-electron chi connectivity index (χ3n) is 2.34. The molecule has 1 N–H and O–H groups in total. The quantitative estimate of drug-likeness (QED) is 0.689. The van der Waals surface area contributed by atoms with Crippen molar-refractivity contribution in [3.05, 3.63) is 51.2 Å².